The van der Waals surface area contributed by atoms with Crippen molar-refractivity contribution in [2.45, 2.75) is 13.2 Å². The Kier molecular flexibility index (Phi) is 6.42. The van der Waals surface area contributed by atoms with E-state index >= 15 is 0 Å². The number of amides is 3. The second-order valence-corrected chi connectivity index (χ2v) is 8.30. The van der Waals surface area contributed by atoms with Gasteiger partial charge in [-0.25, -0.2) is 4.79 Å². The molecule has 0 atom stereocenters. The van der Waals surface area contributed by atoms with Crippen molar-refractivity contribution >= 4 is 34.4 Å². The maximum absolute atomic E-state index is 13.0. The van der Waals surface area contributed by atoms with E-state index in [0.29, 0.717) is 44.8 Å². The lowest BCUT2D eigenvalue weighted by Gasteiger charge is -2.19. The molecule has 1 aliphatic rings. The molecule has 3 amide bonds. The summed E-state index contributed by atoms with van der Waals surface area (Å²) in [7, 11) is 3.01. The third-order valence-corrected chi connectivity index (χ3v) is 6.10. The van der Waals surface area contributed by atoms with Gasteiger partial charge < -0.3 is 14.2 Å². The number of ether oxygens (including phenoxy) is 3. The lowest BCUT2D eigenvalue weighted by atomic mass is 10.1. The number of hydrogen-bond acceptors (Lipinski definition) is 7. The molecule has 0 saturated heterocycles. The number of benzene rings is 3. The van der Waals surface area contributed by atoms with E-state index in [4.69, 9.17) is 14.2 Å². The molecule has 9 heteroatoms. The normalized spacial score (nSPS) is 12.4. The molecule has 4 aromatic rings. The zero-order valence-electron chi connectivity index (χ0n) is 20.2. The van der Waals surface area contributed by atoms with Gasteiger partial charge in [-0.05, 0) is 23.8 Å². The molecule has 0 fully saturated rings. The molecule has 1 N–H and O–H groups in total. The first-order valence-electron chi connectivity index (χ1n) is 11.5. The monoisotopic (exact) mass is 497 g/mol. The maximum atomic E-state index is 13.0. The second kappa shape index (κ2) is 9.98. The highest BCUT2D eigenvalue weighted by Gasteiger charge is 2.36. The average Bonchev–Trinajstić information content (AvgIpc) is 3.17. The summed E-state index contributed by atoms with van der Waals surface area (Å²) in [5, 5.41) is 3.81. The Hall–Kier alpha value is -4.92. The van der Waals surface area contributed by atoms with Crippen LogP contribution in [0, 0.1) is 0 Å². The van der Waals surface area contributed by atoms with E-state index in [1.807, 2.05) is 30.3 Å². The summed E-state index contributed by atoms with van der Waals surface area (Å²) in [5.41, 5.74) is 2.33. The van der Waals surface area contributed by atoms with E-state index in [-0.39, 0.29) is 13.2 Å². The maximum Gasteiger partial charge on any atom is 0.412 e. The fourth-order valence-electron chi connectivity index (χ4n) is 4.28. The summed E-state index contributed by atoms with van der Waals surface area (Å²) in [5.74, 6) is 0.113. The average molecular weight is 498 g/mol. The Morgan fingerprint density at radius 1 is 0.919 bits per heavy atom. The summed E-state index contributed by atoms with van der Waals surface area (Å²) in [4.78, 5) is 44.2. The van der Waals surface area contributed by atoms with Crippen LogP contribution in [0.3, 0.4) is 0 Å². The van der Waals surface area contributed by atoms with Gasteiger partial charge in [-0.3, -0.25) is 24.8 Å². The van der Waals surface area contributed by atoms with Gasteiger partial charge in [0.25, 0.3) is 11.8 Å². The number of anilines is 1. The molecule has 0 aliphatic carbocycles. The number of pyridine rings is 1. The molecule has 37 heavy (non-hydrogen) atoms. The number of aromatic nitrogens is 1. The Morgan fingerprint density at radius 3 is 2.24 bits per heavy atom. The summed E-state index contributed by atoms with van der Waals surface area (Å²) in [6.07, 6.45) is 0.792. The van der Waals surface area contributed by atoms with E-state index in [1.54, 1.807) is 36.4 Å². The number of fused-ring (bicyclic) bond motifs is 2. The van der Waals surface area contributed by atoms with Crippen molar-refractivity contribution in [2.75, 3.05) is 19.5 Å². The van der Waals surface area contributed by atoms with Crippen LogP contribution >= 0.6 is 0 Å². The van der Waals surface area contributed by atoms with Crippen molar-refractivity contribution in [1.82, 2.24) is 9.88 Å². The minimum absolute atomic E-state index is 0.0791. The summed E-state index contributed by atoms with van der Waals surface area (Å²) >= 11 is 0. The van der Waals surface area contributed by atoms with Crippen LogP contribution in [-0.2, 0) is 17.9 Å². The van der Waals surface area contributed by atoms with E-state index in [9.17, 15) is 14.4 Å². The quantitative estimate of drug-likeness (QED) is 0.366. The zero-order chi connectivity index (χ0) is 25.9. The van der Waals surface area contributed by atoms with Crippen molar-refractivity contribution in [3.8, 4) is 11.5 Å². The second-order valence-electron chi connectivity index (χ2n) is 8.30. The standard InChI is InChI=1S/C28H23N3O6/c1-35-18-12-21-22(30-28(34)37-16-17-8-4-3-5-9-17)14-29-23(25(21)24(13-18)36-2)15-31-26(32)19-10-6-7-11-20(19)27(31)33/h3-14H,15-16H2,1-2H3,(H,30,34). The predicted molar refractivity (Wildman–Crippen MR) is 136 cm³/mol. The van der Waals surface area contributed by atoms with Crippen molar-refractivity contribution in [3.05, 3.63) is 95.3 Å². The summed E-state index contributed by atoms with van der Waals surface area (Å²) in [6.45, 7) is 0.0206. The fraction of sp³-hybridized carbons (Fsp3) is 0.143. The Labute approximate surface area is 212 Å². The van der Waals surface area contributed by atoms with Crippen molar-refractivity contribution in [3.63, 3.8) is 0 Å². The molecule has 5 rings (SSSR count). The summed E-state index contributed by atoms with van der Waals surface area (Å²) < 4.78 is 16.4. The van der Waals surface area contributed by atoms with E-state index in [2.05, 4.69) is 10.3 Å². The van der Waals surface area contributed by atoms with Gasteiger partial charge in [0.2, 0.25) is 0 Å². The van der Waals surface area contributed by atoms with Crippen molar-refractivity contribution in [1.29, 1.82) is 0 Å². The van der Waals surface area contributed by atoms with E-state index in [0.717, 1.165) is 10.5 Å². The molecule has 0 saturated carbocycles. The molecular weight excluding hydrogens is 474 g/mol. The molecule has 3 aromatic carbocycles. The van der Waals surface area contributed by atoms with Crippen molar-refractivity contribution in [2.24, 2.45) is 0 Å². The third-order valence-electron chi connectivity index (χ3n) is 6.10. The molecule has 1 aliphatic heterocycles. The van der Waals surface area contributed by atoms with Gasteiger partial charge in [-0.1, -0.05) is 42.5 Å². The molecular formula is C28H23N3O6. The van der Waals surface area contributed by atoms with Crippen LogP contribution in [0.15, 0.2) is 72.9 Å². The number of rotatable bonds is 7. The van der Waals surface area contributed by atoms with E-state index in [1.165, 1.54) is 20.4 Å². The molecule has 9 nitrogen and oxygen atoms in total. The smallest absolute Gasteiger partial charge is 0.412 e. The molecule has 0 bridgehead atoms. The van der Waals surface area contributed by atoms with Crippen LogP contribution < -0.4 is 14.8 Å². The van der Waals surface area contributed by atoms with Crippen LogP contribution in [0.5, 0.6) is 11.5 Å². The number of nitrogens with one attached hydrogen (secondary N) is 1. The van der Waals surface area contributed by atoms with Crippen LogP contribution in [0.2, 0.25) is 0 Å². The Balaban J connectivity index is 1.49. The first-order valence-corrected chi connectivity index (χ1v) is 11.5. The number of methoxy groups -OCH3 is 2. The molecule has 1 aromatic heterocycles. The molecule has 0 radical (unpaired) electrons. The van der Waals surface area contributed by atoms with Gasteiger partial charge in [0.15, 0.2) is 0 Å². The molecule has 0 spiro atoms. The number of imide groups is 1. The minimum Gasteiger partial charge on any atom is -0.497 e. The topological polar surface area (TPSA) is 107 Å². The Bertz CT molecular complexity index is 1480. The third kappa shape index (κ3) is 4.54. The first kappa shape index (κ1) is 23.8. The predicted octanol–water partition coefficient (Wildman–Crippen LogP) is 4.80. The lowest BCUT2D eigenvalue weighted by Crippen LogP contribution is -2.29. The fourth-order valence-corrected chi connectivity index (χ4v) is 4.28. The van der Waals surface area contributed by atoms with Gasteiger partial charge in [0.05, 0.1) is 49.5 Å². The Morgan fingerprint density at radius 2 is 1.59 bits per heavy atom. The van der Waals surface area contributed by atoms with Crippen molar-refractivity contribution < 1.29 is 28.6 Å². The molecule has 0 unspecified atom stereocenters. The highest BCUT2D eigenvalue weighted by molar-refractivity contribution is 6.21. The number of hydrogen-bond donors (Lipinski definition) is 1. The van der Waals surface area contributed by atoms with Gasteiger partial charge in [0.1, 0.15) is 18.1 Å². The number of carbonyl (C=O) groups is 3. The lowest BCUT2D eigenvalue weighted by molar-refractivity contribution is 0.0641. The van der Waals surface area contributed by atoms with Crippen LogP contribution in [0.1, 0.15) is 32.0 Å². The van der Waals surface area contributed by atoms with Gasteiger partial charge in [-0.15, -0.1) is 0 Å². The van der Waals surface area contributed by atoms with Crippen LogP contribution in [0.4, 0.5) is 10.5 Å². The molecule has 186 valence electrons. The van der Waals surface area contributed by atoms with Crippen LogP contribution in [0.25, 0.3) is 10.8 Å². The SMILES string of the molecule is COc1cc(OC)c2c(CN3C(=O)c4ccccc4C3=O)ncc(NC(=O)OCc3ccccc3)c2c1. The first-order chi connectivity index (χ1) is 18.0. The minimum atomic E-state index is -0.665. The number of carbonyl (C=O) groups excluding carboxylic acids is 3. The highest BCUT2D eigenvalue weighted by Crippen LogP contribution is 2.38. The summed E-state index contributed by atoms with van der Waals surface area (Å²) in [6, 6.07) is 19.4. The van der Waals surface area contributed by atoms with Gasteiger partial charge in [-0.2, -0.15) is 0 Å². The van der Waals surface area contributed by atoms with Gasteiger partial charge >= 0.3 is 6.09 Å². The highest BCUT2D eigenvalue weighted by atomic mass is 16.5. The van der Waals surface area contributed by atoms with Crippen LogP contribution in [-0.4, -0.2) is 42.0 Å². The molecule has 2 heterocycles. The number of nitrogens with zero attached hydrogens (tertiary/aromatic N) is 2. The zero-order valence-corrected chi connectivity index (χ0v) is 20.2. The largest absolute Gasteiger partial charge is 0.497 e. The van der Waals surface area contributed by atoms with E-state index < -0.39 is 17.9 Å². The van der Waals surface area contributed by atoms with Gasteiger partial charge in [0, 0.05) is 16.8 Å².